The normalized spacial score (nSPS) is 15.2. The van der Waals surface area contributed by atoms with Gasteiger partial charge < -0.3 is 19.7 Å². The average Bonchev–Trinajstić information content (AvgIpc) is 2.78. The predicted octanol–water partition coefficient (Wildman–Crippen LogP) is 4.12. The fourth-order valence-corrected chi connectivity index (χ4v) is 3.45. The van der Waals surface area contributed by atoms with Crippen LogP contribution in [0.4, 0.5) is 4.39 Å². The monoisotopic (exact) mass is 413 g/mol. The Kier molecular flexibility index (Phi) is 8.66. The lowest BCUT2D eigenvalue weighted by atomic mass is 10.1. The first-order valence-corrected chi connectivity index (χ1v) is 10.6. The van der Waals surface area contributed by atoms with Crippen LogP contribution in [-0.2, 0) is 29.2 Å². The van der Waals surface area contributed by atoms with Gasteiger partial charge in [-0.1, -0.05) is 36.4 Å². The predicted molar refractivity (Wildman–Crippen MR) is 118 cm³/mol. The minimum absolute atomic E-state index is 0.220. The molecule has 1 fully saturated rings. The Hall–Kier alpha value is -2.44. The molecular weight excluding hydrogens is 381 g/mol. The Morgan fingerprint density at radius 3 is 2.60 bits per heavy atom. The average molecular weight is 414 g/mol. The van der Waals surface area contributed by atoms with Crippen LogP contribution >= 0.6 is 0 Å². The standard InChI is InChI=1S/C24H32FN3O2/c1-3-26-24(28(2)17-19-7-9-22(25)10-8-19)27-16-20-5-4-6-21(15-20)18-30-23-11-13-29-14-12-23/h4-10,15,23H,3,11-14,16-18H2,1-2H3,(H,26,27). The van der Waals surface area contributed by atoms with Crippen molar-refractivity contribution in [1.82, 2.24) is 10.2 Å². The van der Waals surface area contributed by atoms with Crippen molar-refractivity contribution in [3.8, 4) is 0 Å². The molecule has 1 aliphatic rings. The zero-order valence-corrected chi connectivity index (χ0v) is 17.9. The van der Waals surface area contributed by atoms with Crippen LogP contribution in [0.2, 0.25) is 0 Å². The third-order valence-electron chi connectivity index (χ3n) is 5.09. The van der Waals surface area contributed by atoms with E-state index in [9.17, 15) is 4.39 Å². The first-order valence-electron chi connectivity index (χ1n) is 10.6. The molecule has 1 heterocycles. The molecule has 1 N–H and O–H groups in total. The smallest absolute Gasteiger partial charge is 0.194 e. The van der Waals surface area contributed by atoms with Gasteiger partial charge in [0.15, 0.2) is 5.96 Å². The molecule has 0 aromatic heterocycles. The fraction of sp³-hybridized carbons (Fsp3) is 0.458. The van der Waals surface area contributed by atoms with E-state index in [2.05, 4.69) is 41.4 Å². The van der Waals surface area contributed by atoms with E-state index in [-0.39, 0.29) is 5.82 Å². The van der Waals surface area contributed by atoms with Crippen LogP contribution in [0.3, 0.4) is 0 Å². The van der Waals surface area contributed by atoms with Gasteiger partial charge in [0.1, 0.15) is 5.82 Å². The molecule has 1 saturated heterocycles. The van der Waals surface area contributed by atoms with Gasteiger partial charge >= 0.3 is 0 Å². The van der Waals surface area contributed by atoms with Crippen molar-refractivity contribution >= 4 is 5.96 Å². The summed E-state index contributed by atoms with van der Waals surface area (Å²) in [5, 5.41) is 3.33. The van der Waals surface area contributed by atoms with Crippen LogP contribution in [0.25, 0.3) is 0 Å². The zero-order chi connectivity index (χ0) is 21.2. The molecule has 0 bridgehead atoms. The molecule has 162 valence electrons. The van der Waals surface area contributed by atoms with Crippen molar-refractivity contribution in [3.05, 3.63) is 71.0 Å². The van der Waals surface area contributed by atoms with Gasteiger partial charge in [-0.15, -0.1) is 0 Å². The molecule has 2 aromatic rings. The van der Waals surface area contributed by atoms with Gasteiger partial charge in [-0.3, -0.25) is 0 Å². The molecule has 0 spiro atoms. The molecule has 0 unspecified atom stereocenters. The summed E-state index contributed by atoms with van der Waals surface area (Å²) in [4.78, 5) is 6.84. The number of rotatable bonds is 8. The molecule has 2 aromatic carbocycles. The number of benzene rings is 2. The Morgan fingerprint density at radius 2 is 1.87 bits per heavy atom. The molecule has 6 heteroatoms. The highest BCUT2D eigenvalue weighted by Gasteiger charge is 2.14. The van der Waals surface area contributed by atoms with Crippen LogP contribution in [0.1, 0.15) is 36.5 Å². The SMILES string of the molecule is CCNC(=NCc1cccc(COC2CCOCC2)c1)N(C)Cc1ccc(F)cc1. The van der Waals surface area contributed by atoms with Crippen molar-refractivity contribution < 1.29 is 13.9 Å². The van der Waals surface area contributed by atoms with Crippen molar-refractivity contribution in [2.45, 2.75) is 45.6 Å². The molecule has 0 saturated carbocycles. The number of hydrogen-bond donors (Lipinski definition) is 1. The quantitative estimate of drug-likeness (QED) is 0.522. The van der Waals surface area contributed by atoms with Gasteiger partial charge in [-0.25, -0.2) is 9.38 Å². The highest BCUT2D eigenvalue weighted by molar-refractivity contribution is 5.79. The van der Waals surface area contributed by atoms with E-state index in [4.69, 9.17) is 14.5 Å². The summed E-state index contributed by atoms with van der Waals surface area (Å²) in [7, 11) is 1.99. The molecule has 0 amide bonds. The first kappa shape index (κ1) is 22.2. The molecule has 0 radical (unpaired) electrons. The minimum Gasteiger partial charge on any atom is -0.381 e. The largest absolute Gasteiger partial charge is 0.381 e. The lowest BCUT2D eigenvalue weighted by Gasteiger charge is -2.23. The van der Waals surface area contributed by atoms with Gasteiger partial charge in [-0.05, 0) is 48.6 Å². The van der Waals surface area contributed by atoms with E-state index < -0.39 is 0 Å². The Labute approximate surface area is 178 Å². The van der Waals surface area contributed by atoms with Gasteiger partial charge in [0, 0.05) is 33.4 Å². The van der Waals surface area contributed by atoms with Crippen LogP contribution in [-0.4, -0.2) is 43.8 Å². The van der Waals surface area contributed by atoms with Crippen LogP contribution in [0.15, 0.2) is 53.5 Å². The summed E-state index contributed by atoms with van der Waals surface area (Å²) >= 11 is 0. The van der Waals surface area contributed by atoms with E-state index >= 15 is 0 Å². The summed E-state index contributed by atoms with van der Waals surface area (Å²) in [5.74, 6) is 0.605. The number of guanidine groups is 1. The fourth-order valence-electron chi connectivity index (χ4n) is 3.45. The molecular formula is C24H32FN3O2. The van der Waals surface area contributed by atoms with E-state index in [1.807, 2.05) is 7.05 Å². The van der Waals surface area contributed by atoms with Crippen molar-refractivity contribution in [1.29, 1.82) is 0 Å². The van der Waals surface area contributed by atoms with E-state index in [0.717, 1.165) is 49.7 Å². The minimum atomic E-state index is -0.220. The second kappa shape index (κ2) is 11.7. The highest BCUT2D eigenvalue weighted by Crippen LogP contribution is 2.15. The summed E-state index contributed by atoms with van der Waals surface area (Å²) in [6, 6.07) is 15.0. The van der Waals surface area contributed by atoms with Gasteiger partial charge in [0.25, 0.3) is 0 Å². The van der Waals surface area contributed by atoms with Gasteiger partial charge in [0.2, 0.25) is 0 Å². The number of nitrogens with one attached hydrogen (secondary N) is 1. The second-order valence-electron chi connectivity index (χ2n) is 7.60. The maximum Gasteiger partial charge on any atom is 0.194 e. The topological polar surface area (TPSA) is 46.1 Å². The lowest BCUT2D eigenvalue weighted by Crippen LogP contribution is -2.38. The molecule has 5 nitrogen and oxygen atoms in total. The van der Waals surface area contributed by atoms with Crippen LogP contribution in [0, 0.1) is 5.82 Å². The summed E-state index contributed by atoms with van der Waals surface area (Å²) < 4.78 is 24.6. The molecule has 30 heavy (non-hydrogen) atoms. The third-order valence-corrected chi connectivity index (χ3v) is 5.09. The van der Waals surface area contributed by atoms with E-state index in [1.54, 1.807) is 12.1 Å². The third kappa shape index (κ3) is 7.11. The molecule has 0 aliphatic carbocycles. The van der Waals surface area contributed by atoms with E-state index in [1.165, 1.54) is 17.7 Å². The first-order chi connectivity index (χ1) is 14.6. The molecule has 1 aliphatic heterocycles. The second-order valence-corrected chi connectivity index (χ2v) is 7.60. The highest BCUT2D eigenvalue weighted by atomic mass is 19.1. The number of nitrogens with zero attached hydrogens (tertiary/aromatic N) is 2. The van der Waals surface area contributed by atoms with Crippen LogP contribution < -0.4 is 5.32 Å². The summed E-state index contributed by atoms with van der Waals surface area (Å²) in [6.45, 7) is 6.27. The van der Waals surface area contributed by atoms with Crippen molar-refractivity contribution in [3.63, 3.8) is 0 Å². The Balaban J connectivity index is 1.58. The maximum atomic E-state index is 13.1. The Bertz CT molecular complexity index is 804. The van der Waals surface area contributed by atoms with Crippen LogP contribution in [0.5, 0.6) is 0 Å². The van der Waals surface area contributed by atoms with Crippen molar-refractivity contribution in [2.24, 2.45) is 4.99 Å². The van der Waals surface area contributed by atoms with Gasteiger partial charge in [-0.2, -0.15) is 0 Å². The summed E-state index contributed by atoms with van der Waals surface area (Å²) in [5.41, 5.74) is 3.35. The lowest BCUT2D eigenvalue weighted by molar-refractivity contribution is -0.0390. The Morgan fingerprint density at radius 1 is 1.13 bits per heavy atom. The number of halogens is 1. The van der Waals surface area contributed by atoms with Crippen molar-refractivity contribution in [2.75, 3.05) is 26.8 Å². The van der Waals surface area contributed by atoms with E-state index in [0.29, 0.717) is 25.8 Å². The maximum absolute atomic E-state index is 13.1. The molecule has 3 rings (SSSR count). The number of aliphatic imine (C=N–C) groups is 1. The number of ether oxygens (including phenoxy) is 2. The zero-order valence-electron chi connectivity index (χ0n) is 17.9. The number of hydrogen-bond acceptors (Lipinski definition) is 3. The molecule has 0 atom stereocenters. The van der Waals surface area contributed by atoms with Gasteiger partial charge in [0.05, 0.1) is 19.3 Å². The summed E-state index contributed by atoms with van der Waals surface area (Å²) in [6.07, 6.45) is 2.23.